The van der Waals surface area contributed by atoms with Gasteiger partial charge >= 0.3 is 5.97 Å². The maximum absolute atomic E-state index is 12.4. The van der Waals surface area contributed by atoms with E-state index in [1.165, 1.54) is 12.1 Å². The highest BCUT2D eigenvalue weighted by Gasteiger charge is 2.37. The van der Waals surface area contributed by atoms with Crippen molar-refractivity contribution in [3.05, 3.63) is 35.4 Å². The topological polar surface area (TPSA) is 108 Å². The first-order valence-corrected chi connectivity index (χ1v) is 7.84. The number of aliphatic carboxylic acids is 1. The number of nitrogens with zero attached hydrogens (tertiary/aromatic N) is 2. The van der Waals surface area contributed by atoms with Gasteiger partial charge in [-0.05, 0) is 17.7 Å². The Labute approximate surface area is 122 Å². The monoisotopic (exact) mass is 310 g/mol. The van der Waals surface area contributed by atoms with E-state index in [2.05, 4.69) is 0 Å². The first kappa shape index (κ1) is 15.4. The van der Waals surface area contributed by atoms with Crippen molar-refractivity contribution in [1.29, 1.82) is 5.26 Å². The summed E-state index contributed by atoms with van der Waals surface area (Å²) in [6.45, 7) is 0.0495. The Balaban J connectivity index is 2.20. The van der Waals surface area contributed by atoms with E-state index in [0.717, 1.165) is 4.31 Å². The predicted molar refractivity (Wildman–Crippen MR) is 72.7 cm³/mol. The third kappa shape index (κ3) is 3.58. The van der Waals surface area contributed by atoms with E-state index in [1.54, 1.807) is 12.1 Å². The molecular formula is C13H14N2O5S. The summed E-state index contributed by atoms with van der Waals surface area (Å²) >= 11 is 0. The van der Waals surface area contributed by atoms with Gasteiger partial charge in [0.1, 0.15) is 6.04 Å². The van der Waals surface area contributed by atoms with Gasteiger partial charge in [-0.25, -0.2) is 8.42 Å². The number of rotatable bonds is 4. The zero-order chi connectivity index (χ0) is 15.5. The molecule has 1 aliphatic heterocycles. The van der Waals surface area contributed by atoms with Crippen LogP contribution in [0.2, 0.25) is 0 Å². The number of benzene rings is 1. The highest BCUT2D eigenvalue weighted by atomic mass is 32.2. The Morgan fingerprint density at radius 2 is 2.10 bits per heavy atom. The Bertz CT molecular complexity index is 663. The second-order valence-electron chi connectivity index (χ2n) is 4.60. The van der Waals surface area contributed by atoms with E-state index in [-0.39, 0.29) is 25.5 Å². The fourth-order valence-electron chi connectivity index (χ4n) is 2.08. The summed E-state index contributed by atoms with van der Waals surface area (Å²) in [5, 5.41) is 17.8. The molecule has 1 atom stereocenters. The smallest absolute Gasteiger partial charge is 0.324 e. The van der Waals surface area contributed by atoms with E-state index in [9.17, 15) is 13.2 Å². The minimum Gasteiger partial charge on any atom is -0.480 e. The largest absolute Gasteiger partial charge is 0.480 e. The molecule has 8 heteroatoms. The summed E-state index contributed by atoms with van der Waals surface area (Å²) in [6, 6.07) is 6.90. The van der Waals surface area contributed by atoms with Gasteiger partial charge in [-0.1, -0.05) is 12.1 Å². The number of morpholine rings is 1. The van der Waals surface area contributed by atoms with Crippen molar-refractivity contribution in [1.82, 2.24) is 4.31 Å². The van der Waals surface area contributed by atoms with Crippen LogP contribution in [0.25, 0.3) is 0 Å². The quantitative estimate of drug-likeness (QED) is 0.849. The molecule has 0 bridgehead atoms. The van der Waals surface area contributed by atoms with Gasteiger partial charge in [-0.2, -0.15) is 9.57 Å². The van der Waals surface area contributed by atoms with Crippen LogP contribution in [0.15, 0.2) is 24.3 Å². The zero-order valence-electron chi connectivity index (χ0n) is 11.1. The van der Waals surface area contributed by atoms with E-state index in [0.29, 0.717) is 11.1 Å². The molecule has 1 heterocycles. The molecule has 1 aliphatic rings. The third-order valence-electron chi connectivity index (χ3n) is 3.15. The Hall–Kier alpha value is -1.95. The normalized spacial score (nSPS) is 19.9. The average molecular weight is 310 g/mol. The Kier molecular flexibility index (Phi) is 4.57. The van der Waals surface area contributed by atoms with Crippen LogP contribution in [0.3, 0.4) is 0 Å². The average Bonchev–Trinajstić information content (AvgIpc) is 2.47. The lowest BCUT2D eigenvalue weighted by molar-refractivity contribution is -0.146. The summed E-state index contributed by atoms with van der Waals surface area (Å²) in [6.07, 6.45) is 0. The van der Waals surface area contributed by atoms with Gasteiger partial charge in [-0.15, -0.1) is 0 Å². The summed E-state index contributed by atoms with van der Waals surface area (Å²) in [7, 11) is -3.76. The SMILES string of the molecule is N#Cc1ccc(CS(=O)(=O)N2CCOCC2C(=O)O)cc1. The summed E-state index contributed by atoms with van der Waals surface area (Å²) in [5.74, 6) is -1.53. The van der Waals surface area contributed by atoms with Gasteiger partial charge in [0.15, 0.2) is 0 Å². The summed E-state index contributed by atoms with van der Waals surface area (Å²) in [5.41, 5.74) is 0.940. The molecule has 0 aliphatic carbocycles. The molecule has 1 aromatic rings. The molecule has 112 valence electrons. The van der Waals surface area contributed by atoms with Crippen molar-refractivity contribution in [3.8, 4) is 6.07 Å². The van der Waals surface area contributed by atoms with Crippen molar-refractivity contribution >= 4 is 16.0 Å². The van der Waals surface area contributed by atoms with Crippen LogP contribution in [0.1, 0.15) is 11.1 Å². The molecule has 7 nitrogen and oxygen atoms in total. The minimum atomic E-state index is -3.76. The van der Waals surface area contributed by atoms with E-state index >= 15 is 0 Å². The van der Waals surface area contributed by atoms with E-state index < -0.39 is 22.0 Å². The van der Waals surface area contributed by atoms with Gasteiger partial charge in [0.05, 0.1) is 30.6 Å². The fourth-order valence-corrected chi connectivity index (χ4v) is 3.76. The fraction of sp³-hybridized carbons (Fsp3) is 0.385. The van der Waals surface area contributed by atoms with Crippen LogP contribution in [0.5, 0.6) is 0 Å². The van der Waals surface area contributed by atoms with Crippen LogP contribution in [0.4, 0.5) is 0 Å². The van der Waals surface area contributed by atoms with Gasteiger partial charge in [0.25, 0.3) is 0 Å². The first-order chi connectivity index (χ1) is 9.94. The lowest BCUT2D eigenvalue weighted by Crippen LogP contribution is -2.52. The molecule has 0 amide bonds. The molecule has 1 fully saturated rings. The molecule has 2 rings (SSSR count). The predicted octanol–water partition coefficient (Wildman–Crippen LogP) is 0.173. The molecule has 0 aromatic heterocycles. The van der Waals surface area contributed by atoms with Crippen LogP contribution < -0.4 is 0 Å². The van der Waals surface area contributed by atoms with Crippen LogP contribution in [-0.2, 0) is 25.3 Å². The van der Waals surface area contributed by atoms with Crippen molar-refractivity contribution in [3.63, 3.8) is 0 Å². The van der Waals surface area contributed by atoms with Crippen LogP contribution in [0, 0.1) is 11.3 Å². The Morgan fingerprint density at radius 1 is 1.43 bits per heavy atom. The van der Waals surface area contributed by atoms with Gasteiger partial charge in [0, 0.05) is 6.54 Å². The maximum Gasteiger partial charge on any atom is 0.324 e. The second-order valence-corrected chi connectivity index (χ2v) is 6.53. The molecule has 1 aromatic carbocycles. The number of carboxylic acids is 1. The molecule has 21 heavy (non-hydrogen) atoms. The van der Waals surface area contributed by atoms with Crippen molar-refractivity contribution < 1.29 is 23.1 Å². The van der Waals surface area contributed by atoms with Gasteiger partial charge < -0.3 is 9.84 Å². The van der Waals surface area contributed by atoms with Crippen molar-refractivity contribution in [2.45, 2.75) is 11.8 Å². The minimum absolute atomic E-state index is 0.0234. The summed E-state index contributed by atoms with van der Waals surface area (Å²) in [4.78, 5) is 11.1. The number of carboxylic acid groups (broad SMARTS) is 1. The van der Waals surface area contributed by atoms with E-state index in [4.69, 9.17) is 15.1 Å². The number of hydrogen-bond donors (Lipinski definition) is 1. The number of ether oxygens (including phenoxy) is 1. The molecule has 0 spiro atoms. The highest BCUT2D eigenvalue weighted by Crippen LogP contribution is 2.17. The Morgan fingerprint density at radius 3 is 2.67 bits per heavy atom. The third-order valence-corrected chi connectivity index (χ3v) is 5.00. The molecule has 0 saturated carbocycles. The molecule has 1 unspecified atom stereocenters. The lowest BCUT2D eigenvalue weighted by Gasteiger charge is -2.31. The van der Waals surface area contributed by atoms with Crippen LogP contribution in [-0.4, -0.2) is 49.6 Å². The lowest BCUT2D eigenvalue weighted by atomic mass is 10.2. The highest BCUT2D eigenvalue weighted by molar-refractivity contribution is 7.88. The van der Waals surface area contributed by atoms with E-state index in [1.807, 2.05) is 6.07 Å². The molecule has 1 saturated heterocycles. The standard InChI is InChI=1S/C13H14N2O5S/c14-7-10-1-3-11(4-2-10)9-21(18,19)15-5-6-20-8-12(15)13(16)17/h1-4,12H,5-6,8-9H2,(H,16,17). The second kappa shape index (κ2) is 6.22. The molecule has 1 N–H and O–H groups in total. The zero-order valence-corrected chi connectivity index (χ0v) is 11.9. The van der Waals surface area contributed by atoms with Crippen molar-refractivity contribution in [2.24, 2.45) is 0 Å². The van der Waals surface area contributed by atoms with Gasteiger partial charge in [0.2, 0.25) is 10.0 Å². The van der Waals surface area contributed by atoms with Gasteiger partial charge in [-0.3, -0.25) is 4.79 Å². The molecular weight excluding hydrogens is 296 g/mol. The van der Waals surface area contributed by atoms with Crippen molar-refractivity contribution in [2.75, 3.05) is 19.8 Å². The first-order valence-electron chi connectivity index (χ1n) is 6.23. The summed E-state index contributed by atoms with van der Waals surface area (Å²) < 4.78 is 30.7. The maximum atomic E-state index is 12.4. The number of nitriles is 1. The molecule has 0 radical (unpaired) electrons. The van der Waals surface area contributed by atoms with Crippen LogP contribution >= 0.6 is 0 Å². The number of carbonyl (C=O) groups is 1. The number of sulfonamides is 1. The number of hydrogen-bond acceptors (Lipinski definition) is 5.